The highest BCUT2D eigenvalue weighted by molar-refractivity contribution is 5.84. The lowest BCUT2D eigenvalue weighted by atomic mass is 9.87. The number of rotatable bonds is 5. The minimum absolute atomic E-state index is 0.0337. The Balaban J connectivity index is 0.000000178. The van der Waals surface area contributed by atoms with E-state index in [0.29, 0.717) is 33.4 Å². The number of aromatic hydroxyl groups is 1. The summed E-state index contributed by atoms with van der Waals surface area (Å²) in [6, 6.07) is 19.9. The molecular weight excluding hydrogens is 632 g/mol. The van der Waals surface area contributed by atoms with E-state index in [1.807, 2.05) is 30.3 Å². The smallest absolute Gasteiger partial charge is 0.326 e. The molecule has 254 valence electrons. The van der Waals surface area contributed by atoms with Crippen LogP contribution >= 0.6 is 0 Å². The first-order chi connectivity index (χ1) is 23.8. The molecule has 7 rings (SSSR count). The lowest BCUT2D eigenvalue weighted by Gasteiger charge is -2.20. The van der Waals surface area contributed by atoms with Crippen LogP contribution in [0, 0.1) is 0 Å². The Hall–Kier alpha value is -6.37. The first-order valence-electron chi connectivity index (χ1n) is 16.0. The third-order valence-corrected chi connectivity index (χ3v) is 7.90. The zero-order chi connectivity index (χ0) is 35.6. The molecule has 5 aromatic heterocycles. The number of aromatic amines is 2. The highest BCUT2D eigenvalue weighted by Crippen LogP contribution is 2.27. The summed E-state index contributed by atoms with van der Waals surface area (Å²) in [5, 5.41) is 22.0. The summed E-state index contributed by atoms with van der Waals surface area (Å²) < 4.78 is 3.19. The SMILES string of the molecule is CC(C)(C)c1cccc(N=c2ccn3ncc(=Cc4[nH]c(=O)[nH]c4O)c3n2)c1.CC(C)(C)c1cccc(Nc2ccn3ncc(C=O)c3n2)c1. The monoisotopic (exact) mass is 670 g/mol. The van der Waals surface area contributed by atoms with Crippen molar-refractivity contribution in [1.82, 2.24) is 39.2 Å². The van der Waals surface area contributed by atoms with Gasteiger partial charge in [0, 0.05) is 29.4 Å². The molecule has 0 aliphatic carbocycles. The molecule has 0 saturated heterocycles. The number of fused-ring (bicyclic) bond motifs is 2. The molecule has 0 aliphatic rings. The van der Waals surface area contributed by atoms with Crippen molar-refractivity contribution >= 4 is 40.8 Å². The minimum atomic E-state index is -0.484. The Morgan fingerprint density at radius 3 is 2.20 bits per heavy atom. The van der Waals surface area contributed by atoms with Gasteiger partial charge in [-0.2, -0.15) is 10.2 Å². The fourth-order valence-corrected chi connectivity index (χ4v) is 5.11. The Labute approximate surface area is 287 Å². The third kappa shape index (κ3) is 7.51. The third-order valence-electron chi connectivity index (χ3n) is 7.90. The van der Waals surface area contributed by atoms with Gasteiger partial charge in [-0.05, 0) is 58.4 Å². The number of benzene rings is 2. The van der Waals surface area contributed by atoms with Crippen molar-refractivity contribution in [2.45, 2.75) is 52.4 Å². The van der Waals surface area contributed by atoms with Crippen molar-refractivity contribution in [3.05, 3.63) is 129 Å². The molecule has 13 nitrogen and oxygen atoms in total. The van der Waals surface area contributed by atoms with Gasteiger partial charge < -0.3 is 15.4 Å². The van der Waals surface area contributed by atoms with E-state index in [2.05, 4.69) is 106 Å². The molecule has 13 heteroatoms. The number of anilines is 2. The molecule has 2 aromatic carbocycles. The molecule has 0 spiro atoms. The predicted molar refractivity (Wildman–Crippen MR) is 192 cm³/mol. The highest BCUT2D eigenvalue weighted by atomic mass is 16.3. The second kappa shape index (κ2) is 13.3. The van der Waals surface area contributed by atoms with E-state index >= 15 is 0 Å². The van der Waals surface area contributed by atoms with E-state index < -0.39 is 5.69 Å². The van der Waals surface area contributed by atoms with E-state index in [1.165, 1.54) is 17.3 Å². The van der Waals surface area contributed by atoms with Crippen molar-refractivity contribution in [3.8, 4) is 5.88 Å². The van der Waals surface area contributed by atoms with Gasteiger partial charge in [0.1, 0.15) is 11.5 Å². The Bertz CT molecular complexity index is 2510. The Kier molecular flexibility index (Phi) is 8.89. The maximum atomic E-state index is 11.3. The number of carbonyl (C=O) groups excluding carboxylic acids is 1. The molecule has 4 N–H and O–H groups in total. The van der Waals surface area contributed by atoms with Crippen LogP contribution in [-0.4, -0.2) is 50.6 Å². The van der Waals surface area contributed by atoms with Crippen LogP contribution in [0.2, 0.25) is 0 Å². The first-order valence-corrected chi connectivity index (χ1v) is 16.0. The largest absolute Gasteiger partial charge is 0.493 e. The van der Waals surface area contributed by atoms with Crippen molar-refractivity contribution in [3.63, 3.8) is 0 Å². The zero-order valence-corrected chi connectivity index (χ0v) is 28.6. The summed E-state index contributed by atoms with van der Waals surface area (Å²) in [5.41, 5.74) is 6.27. The number of carbonyl (C=O) groups is 1. The Morgan fingerprint density at radius 2 is 1.50 bits per heavy atom. The van der Waals surface area contributed by atoms with Crippen LogP contribution < -0.4 is 21.7 Å². The van der Waals surface area contributed by atoms with E-state index in [0.717, 1.165) is 17.7 Å². The number of H-pyrrole nitrogens is 2. The van der Waals surface area contributed by atoms with Crippen molar-refractivity contribution < 1.29 is 9.90 Å². The summed E-state index contributed by atoms with van der Waals surface area (Å²) in [7, 11) is 0. The van der Waals surface area contributed by atoms with Gasteiger partial charge in [-0.15, -0.1) is 0 Å². The quantitative estimate of drug-likeness (QED) is 0.183. The number of nitrogens with zero attached hydrogens (tertiary/aromatic N) is 7. The molecular formula is C37H38N10O3. The summed E-state index contributed by atoms with van der Waals surface area (Å²) in [4.78, 5) is 40.8. The summed E-state index contributed by atoms with van der Waals surface area (Å²) in [6.07, 6.45) is 9.04. The zero-order valence-electron chi connectivity index (χ0n) is 28.6. The molecule has 0 radical (unpaired) electrons. The topological polar surface area (TPSA) is 171 Å². The van der Waals surface area contributed by atoms with Gasteiger partial charge in [0.25, 0.3) is 0 Å². The van der Waals surface area contributed by atoms with Crippen LogP contribution in [0.3, 0.4) is 0 Å². The lowest BCUT2D eigenvalue weighted by Crippen LogP contribution is -2.13. The maximum Gasteiger partial charge on any atom is 0.326 e. The van der Waals surface area contributed by atoms with Crippen LogP contribution in [0.1, 0.15) is 68.7 Å². The molecule has 0 unspecified atom stereocenters. The number of hydrogen-bond acceptors (Lipinski definition) is 9. The normalized spacial score (nSPS) is 12.7. The fraction of sp³-hybridized carbons (Fsp3) is 0.216. The van der Waals surface area contributed by atoms with E-state index in [9.17, 15) is 14.7 Å². The first kappa shape index (κ1) is 33.5. The Morgan fingerprint density at radius 1 is 0.820 bits per heavy atom. The van der Waals surface area contributed by atoms with Gasteiger partial charge in [-0.25, -0.2) is 28.8 Å². The van der Waals surface area contributed by atoms with Gasteiger partial charge in [-0.1, -0.05) is 65.8 Å². The lowest BCUT2D eigenvalue weighted by molar-refractivity contribution is 0.112. The molecule has 0 amide bonds. The van der Waals surface area contributed by atoms with Crippen LogP contribution in [0.4, 0.5) is 17.2 Å². The molecule has 0 fully saturated rings. The molecule has 0 bridgehead atoms. The average Bonchev–Trinajstić information content (AvgIpc) is 3.76. The standard InChI is InChI=1S/C20H20N6O2.C17H18N4O/c1-20(2,3)13-5-4-6-14(10-13)22-16-7-8-26-17(24-16)12(11-21-26)9-15-18(27)25-19(28)23-15;1-17(2,3)13-5-4-6-14(9-13)19-15-7-8-21-16(20-15)12(11-22)10-18-21/h4-11,27H,1-3H3,(H2,23,25,28);4-11H,1-3H3,(H,19,20). The summed E-state index contributed by atoms with van der Waals surface area (Å²) in [5.74, 6) is 0.450. The van der Waals surface area contributed by atoms with Crippen LogP contribution in [0.5, 0.6) is 5.88 Å². The van der Waals surface area contributed by atoms with Gasteiger partial charge >= 0.3 is 5.69 Å². The van der Waals surface area contributed by atoms with E-state index in [4.69, 9.17) is 0 Å². The number of nitrogens with one attached hydrogen (secondary N) is 3. The maximum absolute atomic E-state index is 11.3. The molecule has 0 atom stereocenters. The second-order valence-corrected chi connectivity index (χ2v) is 13.8. The summed E-state index contributed by atoms with van der Waals surface area (Å²) >= 11 is 0. The molecule has 7 aromatic rings. The minimum Gasteiger partial charge on any atom is -0.493 e. The van der Waals surface area contributed by atoms with E-state index in [-0.39, 0.29) is 22.4 Å². The fourth-order valence-electron chi connectivity index (χ4n) is 5.11. The average molecular weight is 671 g/mol. The highest BCUT2D eigenvalue weighted by Gasteiger charge is 2.15. The number of aromatic nitrogens is 8. The predicted octanol–water partition coefficient (Wildman–Crippen LogP) is 5.11. The van der Waals surface area contributed by atoms with Crippen LogP contribution in [0.15, 0.2) is 95.2 Å². The summed E-state index contributed by atoms with van der Waals surface area (Å²) in [6.45, 7) is 13.0. The van der Waals surface area contributed by atoms with Gasteiger partial charge in [0.05, 0.1) is 23.6 Å². The van der Waals surface area contributed by atoms with Crippen LogP contribution in [-0.2, 0) is 10.8 Å². The molecule has 5 heterocycles. The van der Waals surface area contributed by atoms with E-state index in [1.54, 1.807) is 39.8 Å². The molecule has 0 aliphatic heterocycles. The van der Waals surface area contributed by atoms with Crippen molar-refractivity contribution in [2.75, 3.05) is 5.32 Å². The van der Waals surface area contributed by atoms with Crippen molar-refractivity contribution in [2.24, 2.45) is 4.99 Å². The molecule has 0 saturated carbocycles. The van der Waals surface area contributed by atoms with Gasteiger partial charge in [0.2, 0.25) is 5.88 Å². The van der Waals surface area contributed by atoms with Gasteiger partial charge in [-0.3, -0.25) is 9.78 Å². The van der Waals surface area contributed by atoms with Gasteiger partial charge in [0.15, 0.2) is 23.1 Å². The van der Waals surface area contributed by atoms with Crippen molar-refractivity contribution in [1.29, 1.82) is 0 Å². The number of hydrogen-bond donors (Lipinski definition) is 4. The van der Waals surface area contributed by atoms with Crippen LogP contribution in [0.25, 0.3) is 17.4 Å². The molecule has 50 heavy (non-hydrogen) atoms. The number of imidazole rings is 1. The number of aldehydes is 1. The second-order valence-electron chi connectivity index (χ2n) is 13.8.